The monoisotopic (exact) mass is 780 g/mol. The van der Waals surface area contributed by atoms with Crippen LogP contribution in [-0.4, -0.2) is 3.21 Å². The molecule has 262 valence electrons. The molecular formula is C47H56Cl2Zr. The smallest absolute Gasteiger partial charge is 1.00 e. The van der Waals surface area contributed by atoms with E-state index in [1.165, 1.54) is 50.1 Å². The van der Waals surface area contributed by atoms with Crippen LogP contribution in [0.1, 0.15) is 124 Å². The van der Waals surface area contributed by atoms with E-state index in [9.17, 15) is 0 Å². The minimum Gasteiger partial charge on any atom is -1.00 e. The molecule has 6 rings (SSSR count). The van der Waals surface area contributed by atoms with Crippen LogP contribution in [0.25, 0.3) is 11.1 Å². The van der Waals surface area contributed by atoms with Gasteiger partial charge in [0.25, 0.3) is 0 Å². The van der Waals surface area contributed by atoms with Crippen molar-refractivity contribution in [2.75, 3.05) is 0 Å². The molecule has 0 nitrogen and oxygen atoms in total. The number of aryl methyl sites for hydroxylation is 2. The summed E-state index contributed by atoms with van der Waals surface area (Å²) in [7, 11) is 0. The van der Waals surface area contributed by atoms with E-state index in [4.69, 9.17) is 0 Å². The zero-order valence-electron chi connectivity index (χ0n) is 32.4. The van der Waals surface area contributed by atoms with Crippen LogP contribution in [0.3, 0.4) is 0 Å². The molecule has 0 heterocycles. The Bertz CT molecular complexity index is 1840. The van der Waals surface area contributed by atoms with Crippen LogP contribution >= 0.6 is 0 Å². The quantitative estimate of drug-likeness (QED) is 0.210. The Kier molecular flexibility index (Phi) is 12.1. The fourth-order valence-corrected chi connectivity index (χ4v) is 17.4. The van der Waals surface area contributed by atoms with Crippen LogP contribution in [0.2, 0.25) is 0 Å². The third-order valence-corrected chi connectivity index (χ3v) is 19.2. The fourth-order valence-electron chi connectivity index (χ4n) is 7.58. The van der Waals surface area contributed by atoms with Gasteiger partial charge in [0.2, 0.25) is 0 Å². The first kappa shape index (κ1) is 40.5. The second kappa shape index (κ2) is 15.0. The van der Waals surface area contributed by atoms with Crippen LogP contribution in [0, 0.1) is 25.2 Å². The van der Waals surface area contributed by atoms with E-state index in [1.807, 2.05) is 0 Å². The van der Waals surface area contributed by atoms with E-state index >= 15 is 0 Å². The van der Waals surface area contributed by atoms with E-state index in [2.05, 4.69) is 180 Å². The number of benzene rings is 4. The van der Waals surface area contributed by atoms with Gasteiger partial charge in [-0.25, -0.2) is 0 Å². The molecule has 3 heteroatoms. The maximum absolute atomic E-state index is 2.88. The van der Waals surface area contributed by atoms with Crippen LogP contribution in [0.15, 0.2) is 106 Å². The van der Waals surface area contributed by atoms with Crippen molar-refractivity contribution < 1.29 is 46.1 Å². The Morgan fingerprint density at radius 3 is 1.36 bits per heavy atom. The van der Waals surface area contributed by atoms with Crippen molar-refractivity contribution in [2.24, 2.45) is 11.3 Å². The Hall–Kier alpha value is -2.31. The maximum atomic E-state index is 2.69. The minimum atomic E-state index is -2.88. The first-order valence-electron chi connectivity index (χ1n) is 18.1. The molecule has 0 bridgehead atoms. The Balaban J connectivity index is 0.00000281. The van der Waals surface area contributed by atoms with Crippen molar-refractivity contribution in [1.82, 2.24) is 0 Å². The molecule has 1 atom stereocenters. The van der Waals surface area contributed by atoms with Gasteiger partial charge in [0.05, 0.1) is 0 Å². The Morgan fingerprint density at radius 2 is 1.00 bits per heavy atom. The molecule has 0 saturated carbocycles. The number of hydrogen-bond donors (Lipinski definition) is 0. The van der Waals surface area contributed by atoms with Crippen LogP contribution in [-0.2, 0) is 32.1 Å². The molecule has 4 aromatic carbocycles. The van der Waals surface area contributed by atoms with Gasteiger partial charge in [-0.05, 0) is 0 Å². The van der Waals surface area contributed by atoms with Crippen molar-refractivity contribution in [2.45, 2.75) is 104 Å². The Morgan fingerprint density at radius 1 is 0.580 bits per heavy atom. The van der Waals surface area contributed by atoms with Crippen molar-refractivity contribution in [3.05, 3.63) is 150 Å². The molecule has 2 aliphatic carbocycles. The number of allylic oxidation sites excluding steroid dienone is 4. The molecule has 2 aliphatic rings. The summed E-state index contributed by atoms with van der Waals surface area (Å²) in [5.41, 5.74) is 16.1. The average Bonchev–Trinajstić information content (AvgIpc) is 3.59. The van der Waals surface area contributed by atoms with E-state index < -0.39 is 21.3 Å². The van der Waals surface area contributed by atoms with Crippen LogP contribution in [0.4, 0.5) is 0 Å². The molecular weight excluding hydrogens is 727 g/mol. The standard InChI is InChI=1S/C21H25.C15H14.C11H17.2ClH.Zr/c1-20(2,3)16-9-7-14-11-15-8-10-17(21(4,5)6)13-19(15)18(14)12-16;1-12-3-7-14(8-4-12)11-15-9-5-13(2)6-10-15;1-5-9-6-7-10(8-9)11(2,3)4;;;/h7-13H,1-6H3;3-10H,1-2H3;7-9H,5H2,1-4H3;2*1H;/q;;;;;+2/p-2. The van der Waals surface area contributed by atoms with Gasteiger partial charge in [-0.1, -0.05) is 0 Å². The van der Waals surface area contributed by atoms with E-state index in [0.717, 1.165) is 6.42 Å². The van der Waals surface area contributed by atoms with E-state index in [0.29, 0.717) is 9.54 Å². The van der Waals surface area contributed by atoms with Gasteiger partial charge in [-0.3, -0.25) is 0 Å². The number of rotatable bonds is 5. The SMILES string of the molecule is CCC1C=C(C(C)(C)C)C=[C]1[Zr+2](=[C](c1ccc(C)cc1)c1ccc(C)cc1)[CH]1c2ccc(C(C)(C)C)cc2-c2cc(C(C)(C)C)ccc21.[Cl-].[Cl-]. The number of halogens is 2. The predicted molar refractivity (Wildman–Crippen MR) is 206 cm³/mol. The van der Waals surface area contributed by atoms with Crippen molar-refractivity contribution >= 4 is 3.21 Å². The first-order chi connectivity index (χ1) is 22.5. The molecule has 0 N–H and O–H groups in total. The van der Waals surface area contributed by atoms with Crippen LogP contribution in [0.5, 0.6) is 0 Å². The van der Waals surface area contributed by atoms with Crippen LogP contribution < -0.4 is 24.8 Å². The van der Waals surface area contributed by atoms with Crippen molar-refractivity contribution in [3.63, 3.8) is 0 Å². The van der Waals surface area contributed by atoms with Crippen molar-refractivity contribution in [3.8, 4) is 11.1 Å². The summed E-state index contributed by atoms with van der Waals surface area (Å²) in [4.78, 5) is 0. The normalized spacial score (nSPS) is 15.5. The van der Waals surface area contributed by atoms with Crippen molar-refractivity contribution in [1.29, 1.82) is 0 Å². The number of fused-ring (bicyclic) bond motifs is 3. The molecule has 0 saturated heterocycles. The third kappa shape index (κ3) is 7.87. The fraction of sp³-hybridized carbons (Fsp3) is 0.383. The largest absolute Gasteiger partial charge is 1.00 e. The molecule has 4 aromatic rings. The Labute approximate surface area is 323 Å². The molecule has 0 aromatic heterocycles. The molecule has 0 aliphatic heterocycles. The van der Waals surface area contributed by atoms with Gasteiger partial charge < -0.3 is 24.8 Å². The minimum absolute atomic E-state index is 0. The summed E-state index contributed by atoms with van der Waals surface area (Å²) in [5.74, 6) is 0.481. The number of hydrogen-bond acceptors (Lipinski definition) is 0. The van der Waals surface area contributed by atoms with Gasteiger partial charge >= 0.3 is 301 Å². The maximum Gasteiger partial charge on any atom is -1.00 e. The summed E-state index contributed by atoms with van der Waals surface area (Å²) >= 11 is -2.88. The first-order valence-corrected chi connectivity index (χ1v) is 22.0. The second-order valence-electron chi connectivity index (χ2n) is 17.5. The summed E-state index contributed by atoms with van der Waals surface area (Å²) in [6.45, 7) is 28.1. The summed E-state index contributed by atoms with van der Waals surface area (Å²) < 4.78 is 3.78. The molecule has 0 radical (unpaired) electrons. The average molecular weight is 783 g/mol. The molecule has 50 heavy (non-hydrogen) atoms. The van der Waals surface area contributed by atoms with Gasteiger partial charge in [0.15, 0.2) is 0 Å². The van der Waals surface area contributed by atoms with Gasteiger partial charge in [0, 0.05) is 0 Å². The summed E-state index contributed by atoms with van der Waals surface area (Å²) in [6, 6.07) is 34.0. The third-order valence-electron chi connectivity index (χ3n) is 10.7. The topological polar surface area (TPSA) is 0 Å². The predicted octanol–water partition coefficient (Wildman–Crippen LogP) is 6.76. The molecule has 1 unspecified atom stereocenters. The summed E-state index contributed by atoms with van der Waals surface area (Å²) in [5, 5.41) is 0. The van der Waals surface area contributed by atoms with E-state index in [1.54, 1.807) is 17.6 Å². The molecule has 0 spiro atoms. The molecule has 0 fully saturated rings. The van der Waals surface area contributed by atoms with Gasteiger partial charge in [0.1, 0.15) is 0 Å². The summed E-state index contributed by atoms with van der Waals surface area (Å²) in [6.07, 6.45) is 6.47. The second-order valence-corrected chi connectivity index (χ2v) is 23.6. The zero-order valence-corrected chi connectivity index (χ0v) is 36.3. The van der Waals surface area contributed by atoms with Gasteiger partial charge in [-0.15, -0.1) is 0 Å². The zero-order chi connectivity index (χ0) is 34.8. The van der Waals surface area contributed by atoms with Gasteiger partial charge in [-0.2, -0.15) is 0 Å². The molecule has 0 amide bonds. The van der Waals surface area contributed by atoms with E-state index in [-0.39, 0.29) is 41.1 Å².